The summed E-state index contributed by atoms with van der Waals surface area (Å²) in [6.45, 7) is 0. The van der Waals surface area contributed by atoms with Crippen LogP contribution in [0.15, 0.2) is 139 Å². The number of aromatic nitrogens is 6. The first-order valence-corrected chi connectivity index (χ1v) is 16.7. The first kappa shape index (κ1) is 27.4. The standard InChI is InChI=1S/C38H23N7S2/c1-3-29-21-34(33-4-2-18-40-36(33)35(29)39-17-1)28-6-5-27-20-32(16-11-26(27)19-28)45(30-12-7-24(8-13-30)37-43-41-22-46-37)31-14-9-25(10-15-31)38-44-42-23-47-38/h1-23H. The van der Waals surface area contributed by atoms with Crippen LogP contribution in [-0.4, -0.2) is 30.4 Å². The number of hydrogen-bond donors (Lipinski definition) is 0. The van der Waals surface area contributed by atoms with Gasteiger partial charge in [0.2, 0.25) is 0 Å². The Bertz CT molecular complexity index is 2440. The van der Waals surface area contributed by atoms with Crippen molar-refractivity contribution in [3.63, 3.8) is 0 Å². The molecule has 0 unspecified atom stereocenters. The van der Waals surface area contributed by atoms with E-state index in [1.54, 1.807) is 11.0 Å². The van der Waals surface area contributed by atoms with Gasteiger partial charge in [0, 0.05) is 51.4 Å². The van der Waals surface area contributed by atoms with E-state index in [0.717, 1.165) is 81.9 Å². The largest absolute Gasteiger partial charge is 0.310 e. The van der Waals surface area contributed by atoms with Gasteiger partial charge < -0.3 is 4.90 Å². The minimum absolute atomic E-state index is 0.900. The zero-order valence-corrected chi connectivity index (χ0v) is 26.4. The summed E-state index contributed by atoms with van der Waals surface area (Å²) in [4.78, 5) is 11.6. The third-order valence-corrected chi connectivity index (χ3v) is 9.80. The van der Waals surface area contributed by atoms with Gasteiger partial charge in [-0.2, -0.15) is 0 Å². The number of rotatable bonds is 6. The molecule has 0 fully saturated rings. The lowest BCUT2D eigenvalue weighted by Crippen LogP contribution is -2.09. The Hall–Kier alpha value is -5.90. The van der Waals surface area contributed by atoms with Crippen LogP contribution in [0.1, 0.15) is 0 Å². The Balaban J connectivity index is 1.14. The van der Waals surface area contributed by atoms with Crippen LogP contribution in [0.3, 0.4) is 0 Å². The van der Waals surface area contributed by atoms with Crippen LogP contribution >= 0.6 is 22.7 Å². The fourth-order valence-corrected chi connectivity index (χ4v) is 7.23. The molecule has 0 spiro atoms. The Kier molecular flexibility index (Phi) is 6.69. The van der Waals surface area contributed by atoms with E-state index in [4.69, 9.17) is 4.98 Å². The number of nitrogens with zero attached hydrogens (tertiary/aromatic N) is 7. The van der Waals surface area contributed by atoms with E-state index in [9.17, 15) is 0 Å². The highest BCUT2D eigenvalue weighted by Crippen LogP contribution is 2.39. The summed E-state index contributed by atoms with van der Waals surface area (Å²) in [5.74, 6) is 0. The molecule has 9 heteroatoms. The third kappa shape index (κ3) is 4.98. The zero-order valence-electron chi connectivity index (χ0n) is 24.7. The van der Waals surface area contributed by atoms with Crippen molar-refractivity contribution < 1.29 is 0 Å². The quantitative estimate of drug-likeness (QED) is 0.167. The van der Waals surface area contributed by atoms with Crippen LogP contribution in [0, 0.1) is 0 Å². The highest BCUT2D eigenvalue weighted by Gasteiger charge is 2.16. The van der Waals surface area contributed by atoms with Gasteiger partial charge in [-0.3, -0.25) is 9.97 Å². The van der Waals surface area contributed by atoms with E-state index >= 15 is 0 Å². The average molecular weight is 642 g/mol. The van der Waals surface area contributed by atoms with Gasteiger partial charge in [-0.05, 0) is 107 Å². The minimum Gasteiger partial charge on any atom is -0.310 e. The van der Waals surface area contributed by atoms with Crippen molar-refractivity contribution in [1.29, 1.82) is 0 Å². The second kappa shape index (κ2) is 11.5. The molecule has 0 aliphatic rings. The second-order valence-electron chi connectivity index (χ2n) is 11.1. The molecule has 7 nitrogen and oxygen atoms in total. The SMILES string of the molecule is c1cnc2c(c1)cc(-c1ccc3cc(N(c4ccc(-c5nncs5)cc4)c4ccc(-c5nncs5)cc4)ccc3c1)c1cccnc12. The van der Waals surface area contributed by atoms with Gasteiger partial charge in [-0.1, -0.05) is 53.0 Å². The lowest BCUT2D eigenvalue weighted by atomic mass is 9.95. The topological polar surface area (TPSA) is 80.6 Å². The van der Waals surface area contributed by atoms with Crippen LogP contribution in [0.25, 0.3) is 64.8 Å². The molecular weight excluding hydrogens is 619 g/mol. The molecule has 9 aromatic rings. The van der Waals surface area contributed by atoms with Crippen molar-refractivity contribution in [2.24, 2.45) is 0 Å². The number of fused-ring (bicyclic) bond motifs is 4. The van der Waals surface area contributed by atoms with Crippen molar-refractivity contribution in [2.45, 2.75) is 0 Å². The normalized spacial score (nSPS) is 11.4. The van der Waals surface area contributed by atoms with Crippen LogP contribution in [-0.2, 0) is 0 Å². The van der Waals surface area contributed by atoms with Crippen molar-refractivity contribution in [2.75, 3.05) is 4.90 Å². The molecule has 0 N–H and O–H groups in total. The van der Waals surface area contributed by atoms with Crippen molar-refractivity contribution in [1.82, 2.24) is 30.4 Å². The van der Waals surface area contributed by atoms with Gasteiger partial charge in [0.15, 0.2) is 0 Å². The van der Waals surface area contributed by atoms with E-state index in [2.05, 4.69) is 133 Å². The Morgan fingerprint density at radius 2 is 1.04 bits per heavy atom. The maximum atomic E-state index is 4.71. The van der Waals surface area contributed by atoms with Crippen LogP contribution < -0.4 is 4.90 Å². The maximum Gasteiger partial charge on any atom is 0.147 e. The van der Waals surface area contributed by atoms with E-state index < -0.39 is 0 Å². The summed E-state index contributed by atoms with van der Waals surface area (Å²) in [5.41, 5.74) is 12.9. The highest BCUT2D eigenvalue weighted by atomic mass is 32.1. The highest BCUT2D eigenvalue weighted by molar-refractivity contribution is 7.13. The van der Waals surface area contributed by atoms with Gasteiger partial charge >= 0.3 is 0 Å². The number of pyridine rings is 2. The molecule has 0 saturated heterocycles. The average Bonchev–Trinajstić information content (AvgIpc) is 3.88. The van der Waals surface area contributed by atoms with Gasteiger partial charge in [0.1, 0.15) is 21.0 Å². The molecule has 0 aliphatic carbocycles. The van der Waals surface area contributed by atoms with Crippen molar-refractivity contribution in [3.8, 4) is 32.3 Å². The fraction of sp³-hybridized carbons (Fsp3) is 0. The number of hydrogen-bond acceptors (Lipinski definition) is 9. The predicted octanol–water partition coefficient (Wildman–Crippen LogP) is 10.1. The monoisotopic (exact) mass is 641 g/mol. The molecule has 0 radical (unpaired) electrons. The Morgan fingerprint density at radius 1 is 0.468 bits per heavy atom. The summed E-state index contributed by atoms with van der Waals surface area (Å²) in [5, 5.41) is 22.8. The summed E-state index contributed by atoms with van der Waals surface area (Å²) in [7, 11) is 0. The van der Waals surface area contributed by atoms with Gasteiger partial charge in [-0.25, -0.2) is 0 Å². The summed E-state index contributed by atoms with van der Waals surface area (Å²) < 4.78 is 0. The molecule has 222 valence electrons. The molecule has 4 heterocycles. The molecule has 0 amide bonds. The molecule has 5 aromatic carbocycles. The zero-order chi connectivity index (χ0) is 31.2. The van der Waals surface area contributed by atoms with E-state index in [0.29, 0.717) is 0 Å². The number of benzene rings is 5. The third-order valence-electron chi connectivity index (χ3n) is 8.32. The molecule has 9 rings (SSSR count). The summed E-state index contributed by atoms with van der Waals surface area (Å²) in [6, 6.07) is 40.7. The molecule has 0 atom stereocenters. The summed E-state index contributed by atoms with van der Waals surface area (Å²) in [6.07, 6.45) is 3.66. The molecule has 0 saturated carbocycles. The van der Waals surface area contributed by atoms with E-state index in [1.807, 2.05) is 24.5 Å². The lowest BCUT2D eigenvalue weighted by molar-refractivity contribution is 1.09. The Labute approximate surface area is 277 Å². The van der Waals surface area contributed by atoms with Gasteiger partial charge in [0.25, 0.3) is 0 Å². The smallest absolute Gasteiger partial charge is 0.147 e. The molecular formula is C38H23N7S2. The first-order valence-electron chi connectivity index (χ1n) is 15.0. The van der Waals surface area contributed by atoms with Crippen molar-refractivity contribution >= 4 is 72.3 Å². The molecule has 4 aromatic heterocycles. The van der Waals surface area contributed by atoms with E-state index in [1.165, 1.54) is 22.7 Å². The van der Waals surface area contributed by atoms with Crippen LogP contribution in [0.5, 0.6) is 0 Å². The predicted molar refractivity (Wildman–Crippen MR) is 192 cm³/mol. The molecule has 47 heavy (non-hydrogen) atoms. The molecule has 0 bridgehead atoms. The molecule has 0 aliphatic heterocycles. The van der Waals surface area contributed by atoms with Crippen molar-refractivity contribution in [3.05, 3.63) is 139 Å². The van der Waals surface area contributed by atoms with Crippen LogP contribution in [0.2, 0.25) is 0 Å². The Morgan fingerprint density at radius 3 is 1.70 bits per heavy atom. The lowest BCUT2D eigenvalue weighted by Gasteiger charge is -2.26. The number of anilines is 3. The second-order valence-corrected chi connectivity index (χ2v) is 12.7. The minimum atomic E-state index is 0.900. The first-order chi connectivity index (χ1) is 23.3. The maximum absolute atomic E-state index is 4.71. The van der Waals surface area contributed by atoms with E-state index in [-0.39, 0.29) is 0 Å². The van der Waals surface area contributed by atoms with Gasteiger partial charge in [-0.15, -0.1) is 20.4 Å². The van der Waals surface area contributed by atoms with Crippen LogP contribution in [0.4, 0.5) is 17.1 Å². The fourth-order valence-electron chi connectivity index (χ4n) is 6.11. The van der Waals surface area contributed by atoms with Gasteiger partial charge in [0.05, 0.1) is 11.0 Å². The summed E-state index contributed by atoms with van der Waals surface area (Å²) >= 11 is 3.07.